The number of nitrogens with zero attached hydrogens (tertiary/aromatic N) is 5. The molecule has 4 aromatic rings. The molecule has 11 heteroatoms. The lowest BCUT2D eigenvalue weighted by Crippen LogP contribution is -2.27. The third-order valence-corrected chi connectivity index (χ3v) is 5.52. The number of fused-ring (bicyclic) bond motifs is 2. The summed E-state index contributed by atoms with van der Waals surface area (Å²) in [5, 5.41) is 18.4. The predicted molar refractivity (Wildman–Crippen MR) is 114 cm³/mol. The van der Waals surface area contributed by atoms with E-state index >= 15 is 0 Å². The number of rotatable bonds is 4. The van der Waals surface area contributed by atoms with Crippen LogP contribution in [0.4, 0.5) is 5.95 Å². The second-order valence-corrected chi connectivity index (χ2v) is 7.90. The Morgan fingerprint density at radius 3 is 2.91 bits per heavy atom. The summed E-state index contributed by atoms with van der Waals surface area (Å²) >= 11 is 0. The van der Waals surface area contributed by atoms with Crippen molar-refractivity contribution in [3.63, 3.8) is 0 Å². The van der Waals surface area contributed by atoms with Crippen LogP contribution in [0.1, 0.15) is 36.6 Å². The zero-order valence-corrected chi connectivity index (χ0v) is 16.9. The molecule has 1 atom stereocenters. The number of imidazole rings is 1. The highest BCUT2D eigenvalue weighted by Crippen LogP contribution is 2.33. The van der Waals surface area contributed by atoms with Crippen LogP contribution in [0.15, 0.2) is 40.2 Å². The Morgan fingerprint density at radius 1 is 1.22 bits per heavy atom. The quantitative estimate of drug-likeness (QED) is 0.365. The molecule has 1 unspecified atom stereocenters. The van der Waals surface area contributed by atoms with Crippen molar-refractivity contribution in [3.05, 3.63) is 63.0 Å². The number of H-pyrrole nitrogens is 2. The van der Waals surface area contributed by atoms with Crippen LogP contribution in [0.3, 0.4) is 0 Å². The SMILES string of the molecule is O=c1[nH]c(O)c(C=c2cnn3c(=NC4CC4)nc(NC4CCOc5ccccc54)nc23)[nH]1. The minimum Gasteiger partial charge on any atom is -0.493 e. The van der Waals surface area contributed by atoms with Crippen LogP contribution >= 0.6 is 0 Å². The van der Waals surface area contributed by atoms with E-state index in [1.165, 1.54) is 0 Å². The number of hydrogen-bond acceptors (Lipinski definition) is 8. The molecule has 1 aromatic carbocycles. The van der Waals surface area contributed by atoms with Crippen molar-refractivity contribution in [2.24, 2.45) is 4.99 Å². The van der Waals surface area contributed by atoms with Crippen LogP contribution in [0, 0.1) is 0 Å². The van der Waals surface area contributed by atoms with E-state index in [9.17, 15) is 9.90 Å². The van der Waals surface area contributed by atoms with Crippen LogP contribution in [-0.2, 0) is 0 Å². The normalized spacial score (nSPS) is 19.2. The van der Waals surface area contributed by atoms with Crippen LogP contribution in [-0.4, -0.2) is 47.3 Å². The molecule has 0 amide bonds. The van der Waals surface area contributed by atoms with E-state index in [2.05, 4.69) is 30.4 Å². The van der Waals surface area contributed by atoms with Gasteiger partial charge in [-0.15, -0.1) is 0 Å². The predicted octanol–water partition coefficient (Wildman–Crippen LogP) is 0.393. The number of benzene rings is 1. The van der Waals surface area contributed by atoms with E-state index in [0.717, 1.165) is 30.6 Å². The molecule has 3 aromatic heterocycles. The van der Waals surface area contributed by atoms with Crippen molar-refractivity contribution in [2.75, 3.05) is 11.9 Å². The summed E-state index contributed by atoms with van der Waals surface area (Å²) < 4.78 is 7.34. The van der Waals surface area contributed by atoms with Crippen molar-refractivity contribution < 1.29 is 9.84 Å². The topological polar surface area (TPSA) is 146 Å². The van der Waals surface area contributed by atoms with Crippen molar-refractivity contribution >= 4 is 17.7 Å². The van der Waals surface area contributed by atoms with Gasteiger partial charge in [-0.05, 0) is 25.0 Å². The monoisotopic (exact) mass is 432 g/mol. The average Bonchev–Trinajstić information content (AvgIpc) is 3.42. The van der Waals surface area contributed by atoms with Crippen LogP contribution in [0.5, 0.6) is 11.6 Å². The number of aromatic amines is 2. The van der Waals surface area contributed by atoms with Gasteiger partial charge in [0, 0.05) is 17.2 Å². The van der Waals surface area contributed by atoms with Crippen molar-refractivity contribution in [1.82, 2.24) is 29.5 Å². The molecule has 4 N–H and O–H groups in total. The maximum atomic E-state index is 11.5. The van der Waals surface area contributed by atoms with E-state index in [1.54, 1.807) is 16.8 Å². The maximum Gasteiger partial charge on any atom is 0.326 e. The van der Waals surface area contributed by atoms with Gasteiger partial charge >= 0.3 is 5.69 Å². The van der Waals surface area contributed by atoms with Crippen LogP contribution < -0.4 is 26.6 Å². The number of aromatic hydroxyl groups is 1. The molecule has 0 bridgehead atoms. The maximum absolute atomic E-state index is 11.5. The van der Waals surface area contributed by atoms with Gasteiger partial charge in [-0.3, -0.25) is 4.98 Å². The lowest BCUT2D eigenvalue weighted by molar-refractivity contribution is 0.274. The lowest BCUT2D eigenvalue weighted by atomic mass is 10.0. The first-order chi connectivity index (χ1) is 15.6. The third-order valence-electron chi connectivity index (χ3n) is 5.52. The molecule has 1 saturated carbocycles. The summed E-state index contributed by atoms with van der Waals surface area (Å²) in [4.78, 5) is 30.3. The number of aromatic nitrogens is 6. The first-order valence-electron chi connectivity index (χ1n) is 10.4. The summed E-state index contributed by atoms with van der Waals surface area (Å²) in [7, 11) is 0. The third kappa shape index (κ3) is 3.37. The molecule has 32 heavy (non-hydrogen) atoms. The minimum atomic E-state index is -0.496. The van der Waals surface area contributed by atoms with Crippen LogP contribution in [0.25, 0.3) is 11.7 Å². The highest BCUT2D eigenvalue weighted by molar-refractivity contribution is 5.57. The zero-order chi connectivity index (χ0) is 21.7. The van der Waals surface area contributed by atoms with E-state index in [1.807, 2.05) is 24.3 Å². The molecular formula is C21H20N8O3. The second kappa shape index (κ2) is 7.22. The summed E-state index contributed by atoms with van der Waals surface area (Å²) in [5.41, 5.74) is 1.79. The number of hydrogen-bond donors (Lipinski definition) is 4. The van der Waals surface area contributed by atoms with Crippen molar-refractivity contribution in [1.29, 1.82) is 0 Å². The minimum absolute atomic E-state index is 0.00315. The molecule has 4 heterocycles. The van der Waals surface area contributed by atoms with E-state index in [-0.39, 0.29) is 23.7 Å². The molecule has 1 fully saturated rings. The number of nitrogens with one attached hydrogen (secondary N) is 3. The number of anilines is 1. The van der Waals surface area contributed by atoms with Gasteiger partial charge in [0.05, 0.1) is 24.9 Å². The Bertz CT molecular complexity index is 1500. The Balaban J connectivity index is 1.48. The van der Waals surface area contributed by atoms with Gasteiger partial charge in [-0.2, -0.15) is 19.6 Å². The van der Waals surface area contributed by atoms with Gasteiger partial charge in [0.15, 0.2) is 5.65 Å². The Hall–Kier alpha value is -4.15. The molecule has 1 aliphatic heterocycles. The molecule has 162 valence electrons. The molecule has 2 aliphatic rings. The Labute approximate surface area is 180 Å². The fourth-order valence-corrected chi connectivity index (χ4v) is 3.79. The lowest BCUT2D eigenvalue weighted by Gasteiger charge is -2.26. The summed E-state index contributed by atoms with van der Waals surface area (Å²) in [5.74, 6) is 1.04. The van der Waals surface area contributed by atoms with Gasteiger partial charge in [0.2, 0.25) is 11.8 Å². The first-order valence-corrected chi connectivity index (χ1v) is 10.4. The molecule has 0 saturated heterocycles. The summed E-state index contributed by atoms with van der Waals surface area (Å²) in [6.45, 7) is 0.599. The highest BCUT2D eigenvalue weighted by atomic mass is 16.5. The number of para-hydroxylation sites is 1. The fraction of sp³-hybridized carbons (Fsp3) is 0.286. The fourth-order valence-electron chi connectivity index (χ4n) is 3.79. The Morgan fingerprint density at radius 2 is 2.09 bits per heavy atom. The van der Waals surface area contributed by atoms with E-state index < -0.39 is 5.69 Å². The van der Waals surface area contributed by atoms with Gasteiger partial charge < -0.3 is 20.1 Å². The summed E-state index contributed by atoms with van der Waals surface area (Å²) in [6, 6.07) is 8.15. The smallest absolute Gasteiger partial charge is 0.326 e. The molecule has 0 spiro atoms. The molecule has 1 aliphatic carbocycles. The van der Waals surface area contributed by atoms with Gasteiger partial charge in [0.25, 0.3) is 5.62 Å². The Kier molecular flexibility index (Phi) is 4.20. The molecular weight excluding hydrogens is 412 g/mol. The standard InChI is InChI=1S/C21H20N8O3/c30-18-15(25-21(31)27-18)9-11-10-22-29-17(11)26-19(28-20(29)23-12-5-6-12)24-14-7-8-32-16-4-2-1-3-13(14)16/h1-4,9-10,12,14,30H,5-8H2,(H,23,24,28)(H2,25,27,31). The molecule has 6 rings (SSSR count). The summed E-state index contributed by atoms with van der Waals surface area (Å²) in [6.07, 6.45) is 6.04. The van der Waals surface area contributed by atoms with Gasteiger partial charge in [-0.25, -0.2) is 9.79 Å². The molecule has 11 nitrogen and oxygen atoms in total. The number of ether oxygens (including phenoxy) is 1. The largest absolute Gasteiger partial charge is 0.493 e. The zero-order valence-electron chi connectivity index (χ0n) is 16.9. The first kappa shape index (κ1) is 18.6. The van der Waals surface area contributed by atoms with Crippen LogP contribution in [0.2, 0.25) is 0 Å². The molecule has 0 radical (unpaired) electrons. The van der Waals surface area contributed by atoms with Gasteiger partial charge in [0.1, 0.15) is 11.4 Å². The van der Waals surface area contributed by atoms with Crippen molar-refractivity contribution in [2.45, 2.75) is 31.3 Å². The second-order valence-electron chi connectivity index (χ2n) is 7.90. The highest BCUT2D eigenvalue weighted by Gasteiger charge is 2.23. The van der Waals surface area contributed by atoms with E-state index in [4.69, 9.17) is 9.73 Å². The van der Waals surface area contributed by atoms with Crippen molar-refractivity contribution in [3.8, 4) is 11.6 Å². The van der Waals surface area contributed by atoms with Gasteiger partial charge in [-0.1, -0.05) is 18.2 Å². The average molecular weight is 432 g/mol. The van der Waals surface area contributed by atoms with E-state index in [0.29, 0.717) is 29.0 Å².